The highest BCUT2D eigenvalue weighted by molar-refractivity contribution is 6.30. The van der Waals surface area contributed by atoms with Crippen LogP contribution in [0.25, 0.3) is 17.0 Å². The zero-order valence-electron chi connectivity index (χ0n) is 20.7. The smallest absolute Gasteiger partial charge is 0.223 e. The number of fused-ring (bicyclic) bond motifs is 1. The van der Waals surface area contributed by atoms with Crippen LogP contribution in [-0.2, 0) is 11.8 Å². The fraction of sp³-hybridized carbons (Fsp3) is 0.258. The third-order valence-corrected chi connectivity index (χ3v) is 7.40. The molecule has 1 fully saturated rings. The van der Waals surface area contributed by atoms with E-state index in [-0.39, 0.29) is 11.8 Å². The number of aromatic nitrogens is 1. The first-order valence-electron chi connectivity index (χ1n) is 12.6. The van der Waals surface area contributed by atoms with Crippen molar-refractivity contribution >= 4 is 34.5 Å². The van der Waals surface area contributed by atoms with Gasteiger partial charge in [0, 0.05) is 74.2 Å². The summed E-state index contributed by atoms with van der Waals surface area (Å²) < 4.78 is 2.15. The summed E-state index contributed by atoms with van der Waals surface area (Å²) in [4.78, 5) is 18.0. The van der Waals surface area contributed by atoms with Crippen LogP contribution in [0, 0.1) is 0 Å². The van der Waals surface area contributed by atoms with Gasteiger partial charge >= 0.3 is 0 Å². The minimum Gasteiger partial charge on any atom is -0.350 e. The summed E-state index contributed by atoms with van der Waals surface area (Å²) in [5, 5.41) is 1.90. The highest BCUT2D eigenvalue weighted by Gasteiger charge is 2.27. The van der Waals surface area contributed by atoms with E-state index in [4.69, 9.17) is 11.6 Å². The Hall–Kier alpha value is -3.34. The Morgan fingerprint density at radius 3 is 2.36 bits per heavy atom. The van der Waals surface area contributed by atoms with Gasteiger partial charge in [-0.3, -0.25) is 9.69 Å². The second kappa shape index (κ2) is 11.2. The van der Waals surface area contributed by atoms with Crippen LogP contribution >= 0.6 is 11.6 Å². The molecule has 0 bridgehead atoms. The van der Waals surface area contributed by atoms with E-state index < -0.39 is 0 Å². The lowest BCUT2D eigenvalue weighted by Gasteiger charge is -2.35. The molecule has 5 heteroatoms. The van der Waals surface area contributed by atoms with Gasteiger partial charge in [-0.1, -0.05) is 84.4 Å². The zero-order valence-corrected chi connectivity index (χ0v) is 21.4. The van der Waals surface area contributed by atoms with Gasteiger partial charge in [0.05, 0.1) is 0 Å². The van der Waals surface area contributed by atoms with Gasteiger partial charge in [-0.25, -0.2) is 0 Å². The molecule has 0 aliphatic carbocycles. The summed E-state index contributed by atoms with van der Waals surface area (Å²) >= 11 is 6.18. The highest BCUT2D eigenvalue weighted by Crippen LogP contribution is 2.35. The first-order valence-corrected chi connectivity index (χ1v) is 13.0. The van der Waals surface area contributed by atoms with Crippen molar-refractivity contribution < 1.29 is 4.79 Å². The molecule has 0 radical (unpaired) electrons. The summed E-state index contributed by atoms with van der Waals surface area (Å²) in [6, 6.07) is 26.7. The molecule has 1 aromatic heterocycles. The number of rotatable bonds is 7. The lowest BCUT2D eigenvalue weighted by Crippen LogP contribution is -2.48. The molecule has 1 aliphatic rings. The minimum absolute atomic E-state index is 0.0206. The van der Waals surface area contributed by atoms with Crippen molar-refractivity contribution in [1.29, 1.82) is 0 Å². The van der Waals surface area contributed by atoms with E-state index in [2.05, 4.69) is 95.5 Å². The fourth-order valence-corrected chi connectivity index (χ4v) is 5.26. The van der Waals surface area contributed by atoms with Crippen molar-refractivity contribution in [2.75, 3.05) is 32.7 Å². The monoisotopic (exact) mass is 497 g/mol. The Morgan fingerprint density at radius 1 is 0.917 bits per heavy atom. The number of carbonyl (C=O) groups excluding carboxylic acids is 1. The molecule has 1 unspecified atom stereocenters. The molecule has 0 saturated carbocycles. The molecule has 4 nitrogen and oxygen atoms in total. The van der Waals surface area contributed by atoms with Crippen molar-refractivity contribution in [3.8, 4) is 0 Å². The summed E-state index contributed by atoms with van der Waals surface area (Å²) in [5.74, 6) is 0.190. The van der Waals surface area contributed by atoms with Gasteiger partial charge in [0.15, 0.2) is 0 Å². The third-order valence-electron chi connectivity index (χ3n) is 7.15. The second-order valence-electron chi connectivity index (χ2n) is 9.52. The van der Waals surface area contributed by atoms with E-state index in [1.54, 1.807) is 0 Å². The van der Waals surface area contributed by atoms with Gasteiger partial charge in [0.25, 0.3) is 0 Å². The lowest BCUT2D eigenvalue weighted by molar-refractivity contribution is -0.133. The summed E-state index contributed by atoms with van der Waals surface area (Å²) in [5.41, 5.74) is 4.70. The van der Waals surface area contributed by atoms with Crippen LogP contribution in [0.3, 0.4) is 0 Å². The third kappa shape index (κ3) is 5.56. The molecular formula is C31H32ClN3O. The molecular weight excluding hydrogens is 466 g/mol. The zero-order chi connectivity index (χ0) is 24.9. The van der Waals surface area contributed by atoms with Gasteiger partial charge in [-0.05, 0) is 34.9 Å². The van der Waals surface area contributed by atoms with Gasteiger partial charge in [-0.2, -0.15) is 0 Å². The maximum absolute atomic E-state index is 13.5. The van der Waals surface area contributed by atoms with E-state index in [0.29, 0.717) is 11.4 Å². The molecule has 2 heterocycles. The second-order valence-corrected chi connectivity index (χ2v) is 9.95. The Kier molecular flexibility index (Phi) is 7.55. The molecule has 0 spiro atoms. The Morgan fingerprint density at radius 2 is 1.61 bits per heavy atom. The number of carbonyl (C=O) groups is 1. The number of halogens is 1. The molecule has 4 aromatic rings. The normalized spacial score (nSPS) is 15.6. The standard InChI is InChI=1S/C31H32ClN3O/c1-33-23-29(27-11-5-6-12-30(27)33)28(25-13-15-26(32)16-14-25)22-31(36)35-20-18-34(19-21-35)17-7-10-24-8-3-2-4-9-24/h2-16,23,28H,17-22H2,1H3. The average Bonchev–Trinajstić information content (AvgIpc) is 3.25. The van der Waals surface area contributed by atoms with E-state index in [9.17, 15) is 4.79 Å². The Balaban J connectivity index is 1.27. The van der Waals surface area contributed by atoms with Crippen LogP contribution in [0.1, 0.15) is 29.0 Å². The van der Waals surface area contributed by atoms with Crippen molar-refractivity contribution in [3.63, 3.8) is 0 Å². The van der Waals surface area contributed by atoms with Crippen LogP contribution in [0.15, 0.2) is 91.1 Å². The van der Waals surface area contributed by atoms with E-state index in [1.807, 2.05) is 23.1 Å². The first-order chi connectivity index (χ1) is 17.6. The summed E-state index contributed by atoms with van der Waals surface area (Å²) in [7, 11) is 2.07. The number of para-hydroxylation sites is 1. The maximum Gasteiger partial charge on any atom is 0.223 e. The quantitative estimate of drug-likeness (QED) is 0.303. The molecule has 36 heavy (non-hydrogen) atoms. The molecule has 0 N–H and O–H groups in total. The number of benzene rings is 3. The van der Waals surface area contributed by atoms with Gasteiger partial charge in [0.1, 0.15) is 0 Å². The lowest BCUT2D eigenvalue weighted by atomic mass is 9.87. The van der Waals surface area contributed by atoms with E-state index in [0.717, 1.165) is 38.3 Å². The Bertz CT molecular complexity index is 1340. The summed E-state index contributed by atoms with van der Waals surface area (Å²) in [6.45, 7) is 4.22. The van der Waals surface area contributed by atoms with Crippen molar-refractivity contribution in [2.45, 2.75) is 12.3 Å². The largest absolute Gasteiger partial charge is 0.350 e. The average molecular weight is 498 g/mol. The molecule has 184 valence electrons. The fourth-order valence-electron chi connectivity index (χ4n) is 5.14. The Labute approximate surface area is 218 Å². The molecule has 1 saturated heterocycles. The minimum atomic E-state index is -0.0206. The number of aryl methyl sites for hydroxylation is 1. The molecule has 5 rings (SSSR count). The van der Waals surface area contributed by atoms with Crippen LogP contribution < -0.4 is 0 Å². The SMILES string of the molecule is Cn1cc(C(CC(=O)N2CCN(CC=Cc3ccccc3)CC2)c2ccc(Cl)cc2)c2ccccc21. The van der Waals surface area contributed by atoms with E-state index in [1.165, 1.54) is 22.0 Å². The number of hydrogen-bond donors (Lipinski definition) is 0. The van der Waals surface area contributed by atoms with Gasteiger partial charge in [0.2, 0.25) is 5.91 Å². The molecule has 1 aliphatic heterocycles. The van der Waals surface area contributed by atoms with Crippen molar-refractivity contribution in [2.24, 2.45) is 7.05 Å². The molecule has 1 atom stereocenters. The van der Waals surface area contributed by atoms with Crippen LogP contribution in [0.2, 0.25) is 5.02 Å². The predicted octanol–water partition coefficient (Wildman–Crippen LogP) is 6.21. The molecule has 1 amide bonds. The topological polar surface area (TPSA) is 28.5 Å². The number of hydrogen-bond acceptors (Lipinski definition) is 2. The van der Waals surface area contributed by atoms with Crippen LogP contribution in [-0.4, -0.2) is 53.0 Å². The van der Waals surface area contributed by atoms with Crippen molar-refractivity contribution in [3.05, 3.63) is 113 Å². The highest BCUT2D eigenvalue weighted by atomic mass is 35.5. The van der Waals surface area contributed by atoms with Gasteiger partial charge < -0.3 is 9.47 Å². The van der Waals surface area contributed by atoms with Crippen molar-refractivity contribution in [1.82, 2.24) is 14.4 Å². The predicted molar refractivity (Wildman–Crippen MR) is 149 cm³/mol. The van der Waals surface area contributed by atoms with Crippen LogP contribution in [0.5, 0.6) is 0 Å². The number of amides is 1. The number of nitrogens with zero attached hydrogens (tertiary/aromatic N) is 3. The first kappa shape index (κ1) is 24.4. The van der Waals surface area contributed by atoms with E-state index >= 15 is 0 Å². The number of piperazine rings is 1. The maximum atomic E-state index is 13.5. The summed E-state index contributed by atoms with van der Waals surface area (Å²) in [6.07, 6.45) is 7.00. The van der Waals surface area contributed by atoms with Gasteiger partial charge in [-0.15, -0.1) is 0 Å². The van der Waals surface area contributed by atoms with Crippen LogP contribution in [0.4, 0.5) is 0 Å². The molecule has 3 aromatic carbocycles.